The first kappa shape index (κ1) is 23.5. The lowest BCUT2D eigenvalue weighted by Gasteiger charge is -2.16. The van der Waals surface area contributed by atoms with Gasteiger partial charge in [0.1, 0.15) is 12.1 Å². The first-order chi connectivity index (χ1) is 14.7. The molecule has 0 aliphatic rings. The Labute approximate surface area is 198 Å². The van der Waals surface area contributed by atoms with Gasteiger partial charge in [0.05, 0.1) is 12.5 Å². The fourth-order valence-electron chi connectivity index (χ4n) is 2.58. The van der Waals surface area contributed by atoms with Crippen molar-refractivity contribution in [1.82, 2.24) is 25.0 Å². The van der Waals surface area contributed by atoms with E-state index in [2.05, 4.69) is 43.0 Å². The van der Waals surface area contributed by atoms with Gasteiger partial charge in [0.2, 0.25) is 0 Å². The lowest BCUT2D eigenvalue weighted by Crippen LogP contribution is -2.30. The third-order valence-corrected chi connectivity index (χ3v) is 6.66. The van der Waals surface area contributed by atoms with Gasteiger partial charge in [-0.3, -0.25) is 0 Å². The van der Waals surface area contributed by atoms with E-state index in [4.69, 9.17) is 15.3 Å². The number of hydroxylamine groups is 1. The summed E-state index contributed by atoms with van der Waals surface area (Å²) in [4.78, 5) is 31.1. The summed E-state index contributed by atoms with van der Waals surface area (Å²) in [7, 11) is 1.64. The summed E-state index contributed by atoms with van der Waals surface area (Å²) in [6.07, 6.45) is 2.12. The Morgan fingerprint density at radius 2 is 2.10 bits per heavy atom. The topological polar surface area (TPSA) is 117 Å². The number of benzene rings is 1. The molecule has 0 radical (unpaired) electrons. The van der Waals surface area contributed by atoms with Crippen molar-refractivity contribution in [3.05, 3.63) is 28.1 Å². The summed E-state index contributed by atoms with van der Waals surface area (Å²) in [5, 5.41) is 0.750. The molecule has 0 atom stereocenters. The van der Waals surface area contributed by atoms with Crippen LogP contribution < -0.4 is 16.0 Å². The summed E-state index contributed by atoms with van der Waals surface area (Å²) in [6.45, 7) is 6.52. The zero-order valence-corrected chi connectivity index (χ0v) is 20.8. The van der Waals surface area contributed by atoms with Gasteiger partial charge in [-0.05, 0) is 68.0 Å². The molecular formula is C20H25IN6O3S. The first-order valence-corrected chi connectivity index (χ1v) is 11.5. The van der Waals surface area contributed by atoms with E-state index in [-0.39, 0.29) is 5.97 Å². The smallest absolute Gasteiger partial charge is 0.329 e. The predicted octanol–water partition coefficient (Wildman–Crippen LogP) is 3.66. The second-order valence-corrected chi connectivity index (χ2v) is 9.93. The van der Waals surface area contributed by atoms with Crippen LogP contribution in [-0.4, -0.2) is 39.1 Å². The van der Waals surface area contributed by atoms with Crippen molar-refractivity contribution >= 4 is 57.3 Å². The van der Waals surface area contributed by atoms with Crippen LogP contribution in [0.5, 0.6) is 5.75 Å². The highest BCUT2D eigenvalue weighted by molar-refractivity contribution is 14.1. The number of fused-ring (bicyclic) bond motifs is 1. The molecule has 0 aliphatic carbocycles. The lowest BCUT2D eigenvalue weighted by atomic mass is 9.98. The lowest BCUT2D eigenvalue weighted by molar-refractivity contribution is -0.160. The second-order valence-electron chi connectivity index (χ2n) is 7.76. The molecule has 166 valence electrons. The number of aryl methyl sites for hydroxylation is 1. The van der Waals surface area contributed by atoms with E-state index in [1.165, 1.54) is 18.1 Å². The van der Waals surface area contributed by atoms with Crippen molar-refractivity contribution < 1.29 is 14.4 Å². The molecule has 0 bridgehead atoms. The minimum atomic E-state index is -0.556. The maximum atomic E-state index is 11.9. The largest absolute Gasteiger partial charge is 0.497 e. The molecule has 2 heterocycles. The number of rotatable bonds is 8. The third kappa shape index (κ3) is 5.77. The van der Waals surface area contributed by atoms with Crippen molar-refractivity contribution in [3.8, 4) is 5.75 Å². The Morgan fingerprint density at radius 3 is 2.81 bits per heavy atom. The Kier molecular flexibility index (Phi) is 7.59. The number of ether oxygens (including phenoxy) is 1. The number of nitrogens with zero attached hydrogens (tertiary/aromatic N) is 4. The van der Waals surface area contributed by atoms with Crippen LogP contribution in [0.2, 0.25) is 0 Å². The standard InChI is InChI=1S/C20H25IN6O3S/c1-20(2,3)18(28)30-25-8-5-9-27-17-15(16(22)23-11-24-17)26-19(27)31-14-10-12(29-4)6-7-13(14)21/h6-7,10-11,25H,5,8-9H2,1-4H3,(H2,22,23,24). The van der Waals surface area contributed by atoms with E-state index in [0.717, 1.165) is 19.4 Å². The first-order valence-electron chi connectivity index (χ1n) is 9.63. The number of carbonyl (C=O) groups is 1. The highest BCUT2D eigenvalue weighted by Gasteiger charge is 2.23. The molecule has 3 N–H and O–H groups in total. The average molecular weight is 556 g/mol. The number of imidazole rings is 1. The number of nitrogens with one attached hydrogen (secondary N) is 1. The number of hydrogen-bond acceptors (Lipinski definition) is 9. The summed E-state index contributed by atoms with van der Waals surface area (Å²) in [6, 6.07) is 5.89. The Morgan fingerprint density at radius 1 is 1.32 bits per heavy atom. The summed E-state index contributed by atoms with van der Waals surface area (Å²) in [5.74, 6) is 0.808. The Balaban J connectivity index is 1.78. The fraction of sp³-hybridized carbons (Fsp3) is 0.400. The molecule has 0 spiro atoms. The van der Waals surface area contributed by atoms with Gasteiger partial charge < -0.3 is 19.9 Å². The van der Waals surface area contributed by atoms with Crippen LogP contribution in [0.25, 0.3) is 11.2 Å². The monoisotopic (exact) mass is 556 g/mol. The van der Waals surface area contributed by atoms with Gasteiger partial charge in [0.15, 0.2) is 22.1 Å². The van der Waals surface area contributed by atoms with E-state index in [1.54, 1.807) is 7.11 Å². The fourth-order valence-corrected chi connectivity index (χ4v) is 4.21. The zero-order valence-electron chi connectivity index (χ0n) is 17.8. The van der Waals surface area contributed by atoms with Gasteiger partial charge in [0, 0.05) is 21.6 Å². The van der Waals surface area contributed by atoms with Crippen LogP contribution in [0.15, 0.2) is 34.6 Å². The Bertz CT molecular complexity index is 1080. The molecule has 2 aromatic heterocycles. The van der Waals surface area contributed by atoms with E-state index in [1.807, 2.05) is 43.5 Å². The minimum absolute atomic E-state index is 0.301. The van der Waals surface area contributed by atoms with Crippen molar-refractivity contribution in [2.75, 3.05) is 19.4 Å². The molecule has 0 amide bonds. The van der Waals surface area contributed by atoms with Gasteiger partial charge in [0.25, 0.3) is 0 Å². The van der Waals surface area contributed by atoms with Gasteiger partial charge in [-0.15, -0.1) is 0 Å². The molecule has 0 aliphatic heterocycles. The van der Waals surface area contributed by atoms with Crippen LogP contribution >= 0.6 is 34.4 Å². The maximum Gasteiger partial charge on any atom is 0.329 e. The number of aromatic nitrogens is 4. The highest BCUT2D eigenvalue weighted by atomic mass is 127. The van der Waals surface area contributed by atoms with Crippen LogP contribution in [0.3, 0.4) is 0 Å². The number of hydrogen-bond donors (Lipinski definition) is 2. The number of nitrogen functional groups attached to an aromatic ring is 1. The van der Waals surface area contributed by atoms with Gasteiger partial charge in [-0.2, -0.15) is 5.48 Å². The van der Waals surface area contributed by atoms with E-state index >= 15 is 0 Å². The molecule has 3 aromatic rings. The number of anilines is 1. The highest BCUT2D eigenvalue weighted by Crippen LogP contribution is 2.35. The van der Waals surface area contributed by atoms with Crippen LogP contribution in [0.4, 0.5) is 5.82 Å². The van der Waals surface area contributed by atoms with Gasteiger partial charge in [-0.25, -0.2) is 19.7 Å². The minimum Gasteiger partial charge on any atom is -0.497 e. The molecular weight excluding hydrogens is 531 g/mol. The quantitative estimate of drug-likeness (QED) is 0.244. The molecule has 3 rings (SSSR count). The molecule has 31 heavy (non-hydrogen) atoms. The SMILES string of the molecule is COc1ccc(I)c(Sc2nc3c(N)ncnc3n2CCCNOC(=O)C(C)(C)C)c1. The van der Waals surface area contributed by atoms with Crippen molar-refractivity contribution in [2.24, 2.45) is 5.41 Å². The van der Waals surface area contributed by atoms with E-state index in [9.17, 15) is 4.79 Å². The number of nitrogens with two attached hydrogens (primary N) is 1. The molecule has 11 heteroatoms. The molecule has 0 fully saturated rings. The summed E-state index contributed by atoms with van der Waals surface area (Å²) >= 11 is 3.80. The number of carbonyl (C=O) groups excluding carboxylic acids is 1. The third-order valence-electron chi connectivity index (χ3n) is 4.30. The van der Waals surface area contributed by atoms with Gasteiger partial charge >= 0.3 is 5.97 Å². The van der Waals surface area contributed by atoms with Crippen molar-refractivity contribution in [1.29, 1.82) is 0 Å². The molecule has 0 saturated heterocycles. The normalized spacial score (nSPS) is 11.6. The second kappa shape index (κ2) is 10.0. The van der Waals surface area contributed by atoms with E-state index < -0.39 is 5.41 Å². The number of methoxy groups -OCH3 is 1. The summed E-state index contributed by atoms with van der Waals surface area (Å²) < 4.78 is 8.44. The molecule has 0 saturated carbocycles. The predicted molar refractivity (Wildman–Crippen MR) is 128 cm³/mol. The number of halogens is 1. The van der Waals surface area contributed by atoms with E-state index in [0.29, 0.717) is 36.5 Å². The van der Waals surface area contributed by atoms with Crippen molar-refractivity contribution in [2.45, 2.75) is 43.8 Å². The Hall–Kier alpha value is -2.12. The van der Waals surface area contributed by atoms with Crippen molar-refractivity contribution in [3.63, 3.8) is 0 Å². The average Bonchev–Trinajstić information content (AvgIpc) is 3.07. The zero-order chi connectivity index (χ0) is 22.6. The maximum absolute atomic E-state index is 11.9. The van der Waals surface area contributed by atoms with Crippen LogP contribution in [0, 0.1) is 8.99 Å². The molecule has 0 unspecified atom stereocenters. The van der Waals surface area contributed by atoms with Crippen LogP contribution in [-0.2, 0) is 16.2 Å². The molecule has 1 aromatic carbocycles. The molecule has 9 nitrogen and oxygen atoms in total. The summed E-state index contributed by atoms with van der Waals surface area (Å²) in [5.41, 5.74) is 9.45. The van der Waals surface area contributed by atoms with Gasteiger partial charge in [-0.1, -0.05) is 11.8 Å². The van der Waals surface area contributed by atoms with Crippen LogP contribution in [0.1, 0.15) is 27.2 Å².